The largest absolute Gasteiger partial charge is 0.369 e. The number of piperidine rings is 1. The van der Waals surface area contributed by atoms with Crippen LogP contribution in [-0.4, -0.2) is 46.0 Å². The highest BCUT2D eigenvalue weighted by Gasteiger charge is 2.27. The summed E-state index contributed by atoms with van der Waals surface area (Å²) in [6.45, 7) is 4.81. The van der Waals surface area contributed by atoms with Crippen LogP contribution >= 0.6 is 11.3 Å². The molecule has 0 atom stereocenters. The Labute approximate surface area is 163 Å². The summed E-state index contributed by atoms with van der Waals surface area (Å²) in [5, 5.41) is 6.83. The Morgan fingerprint density at radius 1 is 1.04 bits per heavy atom. The number of nitrogens with one attached hydrogen (secondary N) is 1. The molecule has 27 heavy (non-hydrogen) atoms. The Morgan fingerprint density at radius 2 is 1.93 bits per heavy atom. The summed E-state index contributed by atoms with van der Waals surface area (Å²) < 4.78 is 0. The molecule has 4 heterocycles. The van der Waals surface area contributed by atoms with Crippen molar-refractivity contribution in [3.63, 3.8) is 0 Å². The summed E-state index contributed by atoms with van der Waals surface area (Å²) in [7, 11) is 0. The zero-order valence-corrected chi connectivity index (χ0v) is 16.3. The lowest BCUT2D eigenvalue weighted by Crippen LogP contribution is -2.37. The zero-order chi connectivity index (χ0) is 18.1. The van der Waals surface area contributed by atoms with Crippen molar-refractivity contribution in [1.82, 2.24) is 19.9 Å². The third kappa shape index (κ3) is 3.96. The third-order valence-corrected chi connectivity index (χ3v) is 6.50. The van der Waals surface area contributed by atoms with E-state index in [2.05, 4.69) is 26.6 Å². The van der Waals surface area contributed by atoms with Gasteiger partial charge in [0, 0.05) is 19.3 Å². The van der Waals surface area contributed by atoms with Crippen molar-refractivity contribution < 1.29 is 0 Å². The summed E-state index contributed by atoms with van der Waals surface area (Å²) in [5.74, 6) is 3.37. The van der Waals surface area contributed by atoms with Crippen LogP contribution in [0, 0.1) is 11.8 Å². The van der Waals surface area contributed by atoms with Gasteiger partial charge in [-0.2, -0.15) is 0 Å². The maximum absolute atomic E-state index is 4.80. The van der Waals surface area contributed by atoms with Crippen LogP contribution in [0.2, 0.25) is 0 Å². The molecule has 0 aromatic carbocycles. The van der Waals surface area contributed by atoms with Crippen molar-refractivity contribution >= 4 is 27.4 Å². The number of hydrogen-bond donors (Lipinski definition) is 1. The Morgan fingerprint density at radius 3 is 2.70 bits per heavy atom. The second kappa shape index (κ2) is 7.52. The first kappa shape index (κ1) is 17.1. The number of pyridine rings is 1. The van der Waals surface area contributed by atoms with E-state index in [1.165, 1.54) is 45.3 Å². The molecule has 1 saturated carbocycles. The van der Waals surface area contributed by atoms with E-state index in [1.807, 2.05) is 18.2 Å². The summed E-state index contributed by atoms with van der Waals surface area (Å²) in [5.41, 5.74) is 0.823. The second-order valence-electron chi connectivity index (χ2n) is 7.82. The number of fused-ring (bicyclic) bond motifs is 1. The van der Waals surface area contributed by atoms with E-state index in [0.717, 1.165) is 40.1 Å². The maximum Gasteiger partial charge on any atom is 0.181 e. The van der Waals surface area contributed by atoms with Gasteiger partial charge in [0.15, 0.2) is 5.82 Å². The average Bonchev–Trinajstić information content (AvgIpc) is 3.40. The molecule has 2 fully saturated rings. The molecule has 0 amide bonds. The van der Waals surface area contributed by atoms with Gasteiger partial charge in [-0.3, -0.25) is 4.98 Å². The zero-order valence-electron chi connectivity index (χ0n) is 15.5. The molecule has 2 aliphatic rings. The molecule has 0 unspecified atom stereocenters. The number of anilines is 1. The van der Waals surface area contributed by atoms with Crippen molar-refractivity contribution in [3.05, 3.63) is 35.8 Å². The summed E-state index contributed by atoms with van der Waals surface area (Å²) >= 11 is 1.66. The predicted molar refractivity (Wildman–Crippen MR) is 111 cm³/mol. The number of hydrogen-bond acceptors (Lipinski definition) is 6. The molecule has 0 spiro atoms. The lowest BCUT2D eigenvalue weighted by molar-refractivity contribution is 0.183. The average molecular weight is 380 g/mol. The summed E-state index contributed by atoms with van der Waals surface area (Å²) in [6, 6.07) is 7.98. The molecule has 1 N–H and O–H groups in total. The van der Waals surface area contributed by atoms with Crippen LogP contribution in [0.15, 0.2) is 35.8 Å². The SMILES string of the molecule is c1ccc(-c2nc(NCC3CCN(CC4CC4)CC3)c3ccsc3n2)nc1. The highest BCUT2D eigenvalue weighted by molar-refractivity contribution is 7.16. The third-order valence-electron chi connectivity index (χ3n) is 5.70. The van der Waals surface area contributed by atoms with Gasteiger partial charge in [-0.15, -0.1) is 11.3 Å². The number of nitrogens with zero attached hydrogens (tertiary/aromatic N) is 4. The van der Waals surface area contributed by atoms with Crippen molar-refractivity contribution in [2.45, 2.75) is 25.7 Å². The van der Waals surface area contributed by atoms with Gasteiger partial charge >= 0.3 is 0 Å². The molecule has 140 valence electrons. The number of likely N-dealkylation sites (tertiary alicyclic amines) is 1. The molecule has 6 heteroatoms. The predicted octanol–water partition coefficient (Wildman–Crippen LogP) is 4.29. The Hall–Kier alpha value is -2.05. The van der Waals surface area contributed by atoms with E-state index >= 15 is 0 Å². The molecule has 1 aliphatic heterocycles. The van der Waals surface area contributed by atoms with E-state index in [1.54, 1.807) is 17.5 Å². The van der Waals surface area contributed by atoms with Crippen LogP contribution in [-0.2, 0) is 0 Å². The highest BCUT2D eigenvalue weighted by atomic mass is 32.1. The van der Waals surface area contributed by atoms with Crippen LogP contribution in [0.5, 0.6) is 0 Å². The topological polar surface area (TPSA) is 53.9 Å². The fourth-order valence-corrected chi connectivity index (χ4v) is 4.64. The monoisotopic (exact) mass is 379 g/mol. The Bertz CT molecular complexity index is 897. The molecule has 0 radical (unpaired) electrons. The van der Waals surface area contributed by atoms with Crippen molar-refractivity contribution in [1.29, 1.82) is 0 Å². The van der Waals surface area contributed by atoms with Gasteiger partial charge in [0.25, 0.3) is 0 Å². The standard InChI is InChI=1S/C21H25N5S/c1-2-9-22-18(3-1)20-24-19(17-8-12-27-21(17)25-20)23-13-15-6-10-26(11-7-15)14-16-4-5-16/h1-3,8-9,12,15-16H,4-7,10-11,13-14H2,(H,23,24,25). The summed E-state index contributed by atoms with van der Waals surface area (Å²) in [4.78, 5) is 17.6. The van der Waals surface area contributed by atoms with E-state index in [9.17, 15) is 0 Å². The van der Waals surface area contributed by atoms with Crippen molar-refractivity contribution in [2.75, 3.05) is 31.5 Å². The normalized spacial score (nSPS) is 18.8. The van der Waals surface area contributed by atoms with E-state index in [-0.39, 0.29) is 0 Å². The fraction of sp³-hybridized carbons (Fsp3) is 0.476. The molecular formula is C21H25N5S. The van der Waals surface area contributed by atoms with Crippen LogP contribution in [0.4, 0.5) is 5.82 Å². The van der Waals surface area contributed by atoms with Crippen molar-refractivity contribution in [3.8, 4) is 11.5 Å². The minimum absolute atomic E-state index is 0.701. The van der Waals surface area contributed by atoms with Crippen molar-refractivity contribution in [2.24, 2.45) is 11.8 Å². The van der Waals surface area contributed by atoms with Crippen LogP contribution < -0.4 is 5.32 Å². The lowest BCUT2D eigenvalue weighted by Gasteiger charge is -2.32. The van der Waals surface area contributed by atoms with Crippen LogP contribution in [0.25, 0.3) is 21.7 Å². The number of rotatable bonds is 6. The number of aromatic nitrogens is 3. The second-order valence-corrected chi connectivity index (χ2v) is 8.71. The lowest BCUT2D eigenvalue weighted by atomic mass is 9.96. The molecule has 3 aromatic rings. The molecule has 1 saturated heterocycles. The Kier molecular flexibility index (Phi) is 4.76. The number of thiophene rings is 1. The van der Waals surface area contributed by atoms with Gasteiger partial charge in [-0.1, -0.05) is 6.07 Å². The quantitative estimate of drug-likeness (QED) is 0.692. The smallest absolute Gasteiger partial charge is 0.181 e. The van der Waals surface area contributed by atoms with Gasteiger partial charge in [0.2, 0.25) is 0 Å². The minimum Gasteiger partial charge on any atom is -0.369 e. The van der Waals surface area contributed by atoms with Gasteiger partial charge < -0.3 is 10.2 Å². The molecule has 5 nitrogen and oxygen atoms in total. The molecule has 5 rings (SSSR count). The first-order chi connectivity index (χ1) is 13.3. The molecule has 3 aromatic heterocycles. The van der Waals surface area contributed by atoms with Crippen LogP contribution in [0.1, 0.15) is 25.7 Å². The highest BCUT2D eigenvalue weighted by Crippen LogP contribution is 2.32. The first-order valence-electron chi connectivity index (χ1n) is 9.98. The Balaban J connectivity index is 1.28. The molecule has 1 aliphatic carbocycles. The van der Waals surface area contributed by atoms with Gasteiger partial charge in [0.05, 0.1) is 5.39 Å². The maximum atomic E-state index is 4.80. The van der Waals surface area contributed by atoms with Gasteiger partial charge in [-0.25, -0.2) is 9.97 Å². The minimum atomic E-state index is 0.701. The van der Waals surface area contributed by atoms with Gasteiger partial charge in [0.1, 0.15) is 16.3 Å². The van der Waals surface area contributed by atoms with E-state index in [0.29, 0.717) is 5.82 Å². The van der Waals surface area contributed by atoms with Gasteiger partial charge in [-0.05, 0) is 74.2 Å². The fourth-order valence-electron chi connectivity index (χ4n) is 3.88. The summed E-state index contributed by atoms with van der Waals surface area (Å²) in [6.07, 6.45) is 7.25. The molecule has 0 bridgehead atoms. The van der Waals surface area contributed by atoms with E-state index < -0.39 is 0 Å². The molecular weight excluding hydrogens is 354 g/mol. The first-order valence-corrected chi connectivity index (χ1v) is 10.9. The van der Waals surface area contributed by atoms with E-state index in [4.69, 9.17) is 9.97 Å². The van der Waals surface area contributed by atoms with Crippen LogP contribution in [0.3, 0.4) is 0 Å².